The second-order valence-corrected chi connectivity index (χ2v) is 7.53. The Morgan fingerprint density at radius 1 is 1.38 bits per heavy atom. The molecule has 1 aliphatic heterocycles. The van der Waals surface area contributed by atoms with Crippen molar-refractivity contribution in [2.24, 2.45) is 0 Å². The molecule has 24 heavy (non-hydrogen) atoms. The fraction of sp³-hybridized carbons (Fsp3) is 0.500. The third-order valence-corrected chi connectivity index (χ3v) is 5.21. The zero-order valence-electron chi connectivity index (χ0n) is 13.4. The van der Waals surface area contributed by atoms with Crippen molar-refractivity contribution in [2.45, 2.75) is 18.9 Å². The number of nitrogens with one attached hydrogen (secondary N) is 1. The van der Waals surface area contributed by atoms with Crippen LogP contribution in [0.4, 0.5) is 5.69 Å². The van der Waals surface area contributed by atoms with Gasteiger partial charge < -0.3 is 10.1 Å². The summed E-state index contributed by atoms with van der Waals surface area (Å²) in [7, 11) is -1.84. The van der Waals surface area contributed by atoms with E-state index in [0.717, 1.165) is 6.26 Å². The number of carbonyl (C=O) groups is 1. The van der Waals surface area contributed by atoms with Gasteiger partial charge >= 0.3 is 0 Å². The number of piperidine rings is 1. The normalized spacial score (nSPS) is 16.6. The minimum Gasteiger partial charge on any atom is -0.497 e. The number of carbonyl (C=O) groups excluding carboxylic acids is 1. The van der Waals surface area contributed by atoms with Crippen molar-refractivity contribution < 1.29 is 22.9 Å². The number of rotatable bonds is 5. The largest absolute Gasteiger partial charge is 0.497 e. The van der Waals surface area contributed by atoms with E-state index in [-0.39, 0.29) is 17.3 Å². The number of nitrogens with zero attached hydrogens (tertiary/aromatic N) is 2. The van der Waals surface area contributed by atoms with Crippen LogP contribution in [-0.4, -0.2) is 56.1 Å². The molecule has 0 atom stereocenters. The highest BCUT2D eigenvalue weighted by Gasteiger charge is 2.28. The van der Waals surface area contributed by atoms with Crippen molar-refractivity contribution in [2.75, 3.05) is 26.5 Å². The molecule has 0 spiro atoms. The van der Waals surface area contributed by atoms with Crippen molar-refractivity contribution in [1.82, 2.24) is 9.62 Å². The van der Waals surface area contributed by atoms with Crippen LogP contribution < -0.4 is 10.1 Å². The Kier molecular flexibility index (Phi) is 5.40. The number of methoxy groups -OCH3 is 1. The Morgan fingerprint density at radius 2 is 2.00 bits per heavy atom. The number of hydrogen-bond acceptors (Lipinski definition) is 6. The lowest BCUT2D eigenvalue weighted by Crippen LogP contribution is -2.46. The fourth-order valence-corrected chi connectivity index (χ4v) is 3.45. The molecule has 10 heteroatoms. The van der Waals surface area contributed by atoms with Gasteiger partial charge in [-0.2, -0.15) is 0 Å². The smallest absolute Gasteiger partial charge is 0.282 e. The molecule has 9 nitrogen and oxygen atoms in total. The summed E-state index contributed by atoms with van der Waals surface area (Å²) in [6, 6.07) is 3.72. The molecule has 1 aromatic rings. The zero-order chi connectivity index (χ0) is 17.9. The predicted octanol–water partition coefficient (Wildman–Crippen LogP) is 0.757. The van der Waals surface area contributed by atoms with Crippen LogP contribution in [0.5, 0.6) is 5.75 Å². The van der Waals surface area contributed by atoms with Crippen LogP contribution in [0.2, 0.25) is 0 Å². The van der Waals surface area contributed by atoms with E-state index in [1.54, 1.807) is 0 Å². The molecule has 0 unspecified atom stereocenters. The molecule has 1 fully saturated rings. The number of hydrogen-bond donors (Lipinski definition) is 1. The van der Waals surface area contributed by atoms with E-state index in [1.165, 1.54) is 29.6 Å². The van der Waals surface area contributed by atoms with Gasteiger partial charge in [0.25, 0.3) is 11.6 Å². The molecule has 1 aliphatic rings. The Labute approximate surface area is 139 Å². The number of sulfonamides is 1. The molecule has 132 valence electrons. The highest BCUT2D eigenvalue weighted by Crippen LogP contribution is 2.24. The maximum atomic E-state index is 12.4. The first-order chi connectivity index (χ1) is 11.2. The number of ether oxygens (including phenoxy) is 1. The van der Waals surface area contributed by atoms with Crippen LogP contribution in [0.15, 0.2) is 18.2 Å². The summed E-state index contributed by atoms with van der Waals surface area (Å²) in [6.45, 7) is 0.619. The summed E-state index contributed by atoms with van der Waals surface area (Å²) in [4.78, 5) is 22.8. The van der Waals surface area contributed by atoms with E-state index in [1.807, 2.05) is 0 Å². The summed E-state index contributed by atoms with van der Waals surface area (Å²) in [6.07, 6.45) is 2.05. The molecule has 1 aromatic carbocycles. The molecule has 0 aromatic heterocycles. The number of nitro groups is 1. The van der Waals surface area contributed by atoms with Crippen molar-refractivity contribution in [3.63, 3.8) is 0 Å². The molecule has 1 N–H and O–H groups in total. The first-order valence-electron chi connectivity index (χ1n) is 7.31. The Hall–Kier alpha value is -2.20. The summed E-state index contributed by atoms with van der Waals surface area (Å²) < 4.78 is 29.3. The van der Waals surface area contributed by atoms with Crippen molar-refractivity contribution in [3.8, 4) is 5.75 Å². The second-order valence-electron chi connectivity index (χ2n) is 5.55. The average Bonchev–Trinajstić information content (AvgIpc) is 2.53. The van der Waals surface area contributed by atoms with Gasteiger partial charge in [0.2, 0.25) is 10.0 Å². The maximum Gasteiger partial charge on any atom is 0.282 e. The lowest BCUT2D eigenvalue weighted by Gasteiger charge is -2.30. The molecule has 2 rings (SSSR count). The van der Waals surface area contributed by atoms with Crippen LogP contribution >= 0.6 is 0 Å². The highest BCUT2D eigenvalue weighted by molar-refractivity contribution is 7.88. The predicted molar refractivity (Wildman–Crippen MR) is 86.6 cm³/mol. The van der Waals surface area contributed by atoms with Crippen LogP contribution in [0.1, 0.15) is 23.2 Å². The zero-order valence-corrected chi connectivity index (χ0v) is 14.2. The van der Waals surface area contributed by atoms with Crippen LogP contribution in [0.25, 0.3) is 0 Å². The van der Waals surface area contributed by atoms with E-state index in [0.29, 0.717) is 31.7 Å². The van der Waals surface area contributed by atoms with Gasteiger partial charge in [-0.25, -0.2) is 12.7 Å². The SMILES string of the molecule is COc1ccc([N+](=O)[O-])c(C(=O)NC2CCN(S(C)(=O)=O)CC2)c1. The first kappa shape index (κ1) is 18.1. The molecule has 1 heterocycles. The summed E-state index contributed by atoms with van der Waals surface area (Å²) >= 11 is 0. The van der Waals surface area contributed by atoms with E-state index in [9.17, 15) is 23.3 Å². The fourth-order valence-electron chi connectivity index (χ4n) is 2.58. The molecule has 1 amide bonds. The molecule has 0 radical (unpaired) electrons. The minimum absolute atomic E-state index is 0.0788. The number of benzene rings is 1. The van der Waals surface area contributed by atoms with Gasteiger partial charge in [0.05, 0.1) is 18.3 Å². The molecular weight excluding hydrogens is 338 g/mol. The molecule has 0 bridgehead atoms. The third kappa shape index (κ3) is 4.20. The molecule has 0 saturated carbocycles. The van der Waals surface area contributed by atoms with Gasteiger partial charge in [-0.1, -0.05) is 0 Å². The maximum absolute atomic E-state index is 12.4. The molecule has 1 saturated heterocycles. The van der Waals surface area contributed by atoms with E-state index < -0.39 is 20.9 Å². The topological polar surface area (TPSA) is 119 Å². The van der Waals surface area contributed by atoms with Gasteiger partial charge in [-0.15, -0.1) is 0 Å². The summed E-state index contributed by atoms with van der Waals surface area (Å²) in [5.41, 5.74) is -0.383. The monoisotopic (exact) mass is 357 g/mol. The lowest BCUT2D eigenvalue weighted by molar-refractivity contribution is -0.385. The highest BCUT2D eigenvalue weighted by atomic mass is 32.2. The second kappa shape index (κ2) is 7.14. The van der Waals surface area contributed by atoms with Crippen LogP contribution in [0.3, 0.4) is 0 Å². The van der Waals surface area contributed by atoms with Crippen molar-refractivity contribution in [3.05, 3.63) is 33.9 Å². The Bertz CT molecular complexity index is 741. The Morgan fingerprint density at radius 3 is 2.50 bits per heavy atom. The van der Waals surface area contributed by atoms with Crippen molar-refractivity contribution >= 4 is 21.6 Å². The molecular formula is C14H19N3O6S. The number of nitro benzene ring substituents is 1. The van der Waals surface area contributed by atoms with Crippen molar-refractivity contribution in [1.29, 1.82) is 0 Å². The van der Waals surface area contributed by atoms with Gasteiger partial charge in [0.1, 0.15) is 11.3 Å². The summed E-state index contributed by atoms with van der Waals surface area (Å²) in [5, 5.41) is 13.8. The number of amides is 1. The van der Waals surface area contributed by atoms with Crippen LogP contribution in [0, 0.1) is 10.1 Å². The first-order valence-corrected chi connectivity index (χ1v) is 9.15. The average molecular weight is 357 g/mol. The van der Waals surface area contributed by atoms with E-state index in [4.69, 9.17) is 4.74 Å². The minimum atomic E-state index is -3.24. The van der Waals surface area contributed by atoms with Gasteiger partial charge in [-0.05, 0) is 25.0 Å². The lowest BCUT2D eigenvalue weighted by atomic mass is 10.1. The Balaban J connectivity index is 2.09. The van der Waals surface area contributed by atoms with E-state index in [2.05, 4.69) is 5.32 Å². The van der Waals surface area contributed by atoms with Gasteiger partial charge in [0.15, 0.2) is 0 Å². The quantitative estimate of drug-likeness (QED) is 0.614. The van der Waals surface area contributed by atoms with Gasteiger partial charge in [0, 0.05) is 25.2 Å². The summed E-state index contributed by atoms with van der Waals surface area (Å²) in [5.74, 6) is -0.226. The van der Waals surface area contributed by atoms with Crippen LogP contribution in [-0.2, 0) is 10.0 Å². The third-order valence-electron chi connectivity index (χ3n) is 3.90. The van der Waals surface area contributed by atoms with Gasteiger partial charge in [-0.3, -0.25) is 14.9 Å². The molecule has 0 aliphatic carbocycles. The standard InChI is InChI=1S/C14H19N3O6S/c1-23-11-3-4-13(17(19)20)12(9-11)14(18)15-10-5-7-16(8-6-10)24(2,21)22/h3-4,9-10H,5-8H2,1-2H3,(H,15,18). The van der Waals surface area contributed by atoms with E-state index >= 15 is 0 Å².